The number of benzene rings is 3. The van der Waals surface area contributed by atoms with Gasteiger partial charge in [0.05, 0.1) is 0 Å². The first-order chi connectivity index (χ1) is 13.2. The maximum atomic E-state index is 6.16. The van der Waals surface area contributed by atoms with E-state index in [0.717, 1.165) is 33.1 Å². The van der Waals surface area contributed by atoms with Crippen molar-refractivity contribution in [3.8, 4) is 22.8 Å². The SMILES string of the molecule is Cc1ccc2oc3cc(-c4nc(Cl)nc(-c5ccccc5)n4)ccc3c2c1. The maximum absolute atomic E-state index is 6.16. The van der Waals surface area contributed by atoms with Crippen molar-refractivity contribution in [3.05, 3.63) is 77.6 Å². The summed E-state index contributed by atoms with van der Waals surface area (Å²) in [6.07, 6.45) is 0. The van der Waals surface area contributed by atoms with Crippen molar-refractivity contribution in [2.45, 2.75) is 6.92 Å². The van der Waals surface area contributed by atoms with Gasteiger partial charge in [-0.15, -0.1) is 0 Å². The standard InChI is InChI=1S/C22H14ClN3O/c1-13-7-10-18-17(11-13)16-9-8-15(12-19(16)27-18)21-24-20(25-22(23)26-21)14-5-3-2-4-6-14/h2-12H,1H3. The van der Waals surface area contributed by atoms with Gasteiger partial charge in [-0.05, 0) is 42.8 Å². The van der Waals surface area contributed by atoms with Crippen LogP contribution in [0.15, 0.2) is 71.1 Å². The molecule has 0 bridgehead atoms. The summed E-state index contributed by atoms with van der Waals surface area (Å²) in [5, 5.41) is 2.34. The van der Waals surface area contributed by atoms with Gasteiger partial charge >= 0.3 is 0 Å². The highest BCUT2D eigenvalue weighted by atomic mass is 35.5. The molecule has 27 heavy (non-hydrogen) atoms. The topological polar surface area (TPSA) is 51.8 Å². The van der Waals surface area contributed by atoms with Gasteiger partial charge in [0.15, 0.2) is 11.6 Å². The molecule has 0 amide bonds. The molecule has 0 radical (unpaired) electrons. The molecule has 0 spiro atoms. The first kappa shape index (κ1) is 16.0. The highest BCUT2D eigenvalue weighted by Crippen LogP contribution is 2.32. The molecule has 0 N–H and O–H groups in total. The van der Waals surface area contributed by atoms with Crippen molar-refractivity contribution in [1.29, 1.82) is 0 Å². The van der Waals surface area contributed by atoms with Crippen molar-refractivity contribution in [3.63, 3.8) is 0 Å². The van der Waals surface area contributed by atoms with Crippen molar-refractivity contribution >= 4 is 33.5 Å². The Balaban J connectivity index is 1.67. The molecular formula is C22H14ClN3O. The number of hydrogen-bond donors (Lipinski definition) is 0. The van der Waals surface area contributed by atoms with Gasteiger partial charge in [0.1, 0.15) is 11.2 Å². The number of aryl methyl sites for hydroxylation is 1. The van der Waals surface area contributed by atoms with E-state index in [1.165, 1.54) is 5.56 Å². The Bertz CT molecular complexity index is 1300. The summed E-state index contributed by atoms with van der Waals surface area (Å²) in [7, 11) is 0. The lowest BCUT2D eigenvalue weighted by Gasteiger charge is -2.04. The zero-order valence-corrected chi connectivity index (χ0v) is 15.2. The van der Waals surface area contributed by atoms with Crippen LogP contribution in [0, 0.1) is 6.92 Å². The Morgan fingerprint density at radius 2 is 1.48 bits per heavy atom. The second kappa shape index (κ2) is 6.18. The van der Waals surface area contributed by atoms with E-state index in [4.69, 9.17) is 16.0 Å². The van der Waals surface area contributed by atoms with Crippen LogP contribution in [-0.4, -0.2) is 15.0 Å². The number of fused-ring (bicyclic) bond motifs is 3. The van der Waals surface area contributed by atoms with Crippen LogP contribution >= 0.6 is 11.6 Å². The molecule has 130 valence electrons. The molecule has 4 nitrogen and oxygen atoms in total. The molecule has 0 fully saturated rings. The molecule has 5 rings (SSSR count). The number of rotatable bonds is 2. The Morgan fingerprint density at radius 3 is 2.30 bits per heavy atom. The zero-order chi connectivity index (χ0) is 18.4. The van der Waals surface area contributed by atoms with E-state index >= 15 is 0 Å². The van der Waals surface area contributed by atoms with Crippen molar-refractivity contribution < 1.29 is 4.42 Å². The minimum Gasteiger partial charge on any atom is -0.456 e. The Kier molecular flexibility index (Phi) is 3.66. The number of aromatic nitrogens is 3. The van der Waals surface area contributed by atoms with Gasteiger partial charge in [-0.3, -0.25) is 0 Å². The Hall–Kier alpha value is -3.24. The fraction of sp³-hybridized carbons (Fsp3) is 0.0455. The molecule has 5 aromatic rings. The molecule has 0 saturated carbocycles. The van der Waals surface area contributed by atoms with E-state index in [1.807, 2.05) is 60.7 Å². The zero-order valence-electron chi connectivity index (χ0n) is 14.5. The van der Waals surface area contributed by atoms with E-state index in [1.54, 1.807) is 0 Å². The second-order valence-electron chi connectivity index (χ2n) is 6.43. The summed E-state index contributed by atoms with van der Waals surface area (Å²) in [6, 6.07) is 21.9. The third-order valence-corrected chi connectivity index (χ3v) is 4.69. The smallest absolute Gasteiger partial charge is 0.226 e. The van der Waals surface area contributed by atoms with E-state index in [9.17, 15) is 0 Å². The molecule has 2 aromatic heterocycles. The van der Waals surface area contributed by atoms with Gasteiger partial charge in [-0.25, -0.2) is 4.98 Å². The van der Waals surface area contributed by atoms with E-state index in [-0.39, 0.29) is 5.28 Å². The molecule has 0 aliphatic heterocycles. The quantitative estimate of drug-likeness (QED) is 0.378. The molecule has 0 unspecified atom stereocenters. The predicted octanol–water partition coefficient (Wildman–Crippen LogP) is 6.07. The van der Waals surface area contributed by atoms with Crippen LogP contribution in [0.3, 0.4) is 0 Å². The summed E-state index contributed by atoms with van der Waals surface area (Å²) >= 11 is 6.16. The Labute approximate surface area is 160 Å². The molecule has 2 heterocycles. The minimum atomic E-state index is 0.166. The molecule has 0 aliphatic carbocycles. The lowest BCUT2D eigenvalue weighted by molar-refractivity contribution is 0.669. The van der Waals surface area contributed by atoms with Gasteiger partial charge in [-0.2, -0.15) is 9.97 Å². The first-order valence-electron chi connectivity index (χ1n) is 8.58. The first-order valence-corrected chi connectivity index (χ1v) is 8.95. The van der Waals surface area contributed by atoms with Gasteiger partial charge < -0.3 is 4.42 Å². The third-order valence-electron chi connectivity index (χ3n) is 4.53. The molecule has 3 aromatic carbocycles. The highest BCUT2D eigenvalue weighted by molar-refractivity contribution is 6.28. The van der Waals surface area contributed by atoms with Crippen molar-refractivity contribution in [2.24, 2.45) is 0 Å². The van der Waals surface area contributed by atoms with Crippen LogP contribution in [0.2, 0.25) is 5.28 Å². The van der Waals surface area contributed by atoms with Gasteiger partial charge in [0, 0.05) is 21.9 Å². The van der Waals surface area contributed by atoms with E-state index in [2.05, 4.69) is 27.9 Å². The summed E-state index contributed by atoms with van der Waals surface area (Å²) in [4.78, 5) is 13.2. The largest absolute Gasteiger partial charge is 0.456 e. The fourth-order valence-corrected chi connectivity index (χ4v) is 3.39. The average molecular weight is 372 g/mol. The number of nitrogens with zero attached hydrogens (tertiary/aromatic N) is 3. The number of hydrogen-bond acceptors (Lipinski definition) is 4. The molecule has 0 atom stereocenters. The summed E-state index contributed by atoms with van der Waals surface area (Å²) in [6.45, 7) is 2.07. The molecule has 5 heteroatoms. The fourth-order valence-electron chi connectivity index (χ4n) is 3.23. The van der Waals surface area contributed by atoms with Crippen LogP contribution in [0.25, 0.3) is 44.7 Å². The second-order valence-corrected chi connectivity index (χ2v) is 6.77. The van der Waals surface area contributed by atoms with Crippen LogP contribution < -0.4 is 0 Å². The van der Waals surface area contributed by atoms with Crippen molar-refractivity contribution in [1.82, 2.24) is 15.0 Å². The highest BCUT2D eigenvalue weighted by Gasteiger charge is 2.12. The molecule has 0 saturated heterocycles. The van der Waals surface area contributed by atoms with E-state index in [0.29, 0.717) is 11.6 Å². The monoisotopic (exact) mass is 371 g/mol. The Morgan fingerprint density at radius 1 is 0.704 bits per heavy atom. The van der Waals surface area contributed by atoms with Crippen molar-refractivity contribution in [2.75, 3.05) is 0 Å². The lowest BCUT2D eigenvalue weighted by atomic mass is 10.1. The summed E-state index contributed by atoms with van der Waals surface area (Å²) in [5.74, 6) is 1.07. The normalized spacial score (nSPS) is 11.3. The number of furan rings is 1. The van der Waals surface area contributed by atoms with Gasteiger partial charge in [-0.1, -0.05) is 48.0 Å². The van der Waals surface area contributed by atoms with Crippen LogP contribution in [0.5, 0.6) is 0 Å². The van der Waals surface area contributed by atoms with Crippen LogP contribution in [0.4, 0.5) is 0 Å². The van der Waals surface area contributed by atoms with Crippen LogP contribution in [-0.2, 0) is 0 Å². The average Bonchev–Trinajstić information content (AvgIpc) is 3.05. The van der Waals surface area contributed by atoms with Gasteiger partial charge in [0.25, 0.3) is 0 Å². The predicted molar refractivity (Wildman–Crippen MR) is 108 cm³/mol. The molecular weight excluding hydrogens is 358 g/mol. The lowest BCUT2D eigenvalue weighted by Crippen LogP contribution is -1.97. The summed E-state index contributed by atoms with van der Waals surface area (Å²) in [5.41, 5.74) is 4.59. The maximum Gasteiger partial charge on any atom is 0.226 e. The van der Waals surface area contributed by atoms with E-state index < -0.39 is 0 Å². The van der Waals surface area contributed by atoms with Crippen LogP contribution in [0.1, 0.15) is 5.56 Å². The molecule has 0 aliphatic rings. The summed E-state index contributed by atoms with van der Waals surface area (Å²) < 4.78 is 6.01. The number of halogens is 1. The third kappa shape index (κ3) is 2.84. The minimum absolute atomic E-state index is 0.166. The van der Waals surface area contributed by atoms with Gasteiger partial charge in [0.2, 0.25) is 5.28 Å².